The Morgan fingerprint density at radius 2 is 1.54 bits per heavy atom. The van der Waals surface area contributed by atoms with E-state index in [1.54, 1.807) is 36.4 Å². The Morgan fingerprint density at radius 3 is 2.20 bits per heavy atom. The second-order valence-corrected chi connectivity index (χ2v) is 10.2. The summed E-state index contributed by atoms with van der Waals surface area (Å²) >= 11 is 0. The molecule has 1 N–H and O–H groups in total. The molecule has 0 aromatic heterocycles. The molecule has 41 heavy (non-hydrogen) atoms. The number of carbonyl (C=O) groups excluding carboxylic acids is 1. The van der Waals surface area contributed by atoms with Crippen LogP contribution in [0.1, 0.15) is 41.7 Å². The van der Waals surface area contributed by atoms with Crippen LogP contribution in [0.4, 0.5) is 0 Å². The number of hydrogen-bond acceptors (Lipinski definition) is 6. The second kappa shape index (κ2) is 12.0. The first-order valence-electron chi connectivity index (χ1n) is 13.3. The average Bonchev–Trinajstić information content (AvgIpc) is 2.99. The van der Waals surface area contributed by atoms with E-state index < -0.39 is 11.6 Å². The van der Waals surface area contributed by atoms with Crippen LogP contribution >= 0.6 is 0 Å². The van der Waals surface area contributed by atoms with Crippen LogP contribution < -0.4 is 14.2 Å². The molecule has 0 atom stereocenters. The second-order valence-electron chi connectivity index (χ2n) is 10.2. The molecule has 0 fully saturated rings. The highest BCUT2D eigenvalue weighted by atomic mass is 16.5. The third kappa shape index (κ3) is 6.61. The van der Waals surface area contributed by atoms with Crippen molar-refractivity contribution >= 4 is 23.7 Å². The number of benzene rings is 4. The van der Waals surface area contributed by atoms with Gasteiger partial charge in [0.05, 0.1) is 18.2 Å². The average molecular weight is 549 g/mol. The fourth-order valence-electron chi connectivity index (χ4n) is 4.50. The van der Waals surface area contributed by atoms with Gasteiger partial charge in [-0.15, -0.1) is 0 Å². The predicted octanol–water partition coefficient (Wildman–Crippen LogP) is 7.45. The standard InChI is InChI=1S/C35H32O6/c1-35(2)19-18-29-31(41-35)17-14-26(33(29)36)20-30(34(37)38-3)28-16-15-27(39-22-24-10-6-4-7-11-24)21-32(28)40-23-25-12-8-5-9-13-25/h4-21,36H,22-23H2,1-3H3. The van der Waals surface area contributed by atoms with E-state index in [1.807, 2.05) is 86.7 Å². The van der Waals surface area contributed by atoms with E-state index in [2.05, 4.69) is 0 Å². The normalized spacial score (nSPS) is 13.6. The molecule has 4 aromatic carbocycles. The summed E-state index contributed by atoms with van der Waals surface area (Å²) < 4.78 is 23.4. The minimum Gasteiger partial charge on any atom is -0.507 e. The quantitative estimate of drug-likeness (QED) is 0.133. The minimum absolute atomic E-state index is 0.00483. The maximum absolute atomic E-state index is 13.1. The zero-order valence-electron chi connectivity index (χ0n) is 23.3. The van der Waals surface area contributed by atoms with Crippen LogP contribution in [0.15, 0.2) is 97.1 Å². The van der Waals surface area contributed by atoms with Gasteiger partial charge >= 0.3 is 5.97 Å². The van der Waals surface area contributed by atoms with Crippen LogP contribution in [0.25, 0.3) is 17.7 Å². The molecule has 0 saturated carbocycles. The number of esters is 1. The van der Waals surface area contributed by atoms with E-state index in [4.69, 9.17) is 18.9 Å². The van der Waals surface area contributed by atoms with Gasteiger partial charge in [0.15, 0.2) is 0 Å². The van der Waals surface area contributed by atoms with E-state index in [0.29, 0.717) is 40.5 Å². The van der Waals surface area contributed by atoms with Gasteiger partial charge in [0.1, 0.15) is 41.8 Å². The molecule has 0 radical (unpaired) electrons. The van der Waals surface area contributed by atoms with Crippen LogP contribution in [-0.2, 0) is 22.7 Å². The summed E-state index contributed by atoms with van der Waals surface area (Å²) in [6.07, 6.45) is 5.31. The van der Waals surface area contributed by atoms with E-state index in [9.17, 15) is 9.90 Å². The number of aromatic hydroxyl groups is 1. The summed E-state index contributed by atoms with van der Waals surface area (Å²) in [4.78, 5) is 13.1. The van der Waals surface area contributed by atoms with E-state index >= 15 is 0 Å². The molecule has 208 valence electrons. The smallest absolute Gasteiger partial charge is 0.338 e. The lowest BCUT2D eigenvalue weighted by atomic mass is 9.97. The summed E-state index contributed by atoms with van der Waals surface area (Å²) in [7, 11) is 1.32. The molecule has 0 amide bonds. The number of fused-ring (bicyclic) bond motifs is 1. The molecule has 6 heteroatoms. The lowest BCUT2D eigenvalue weighted by molar-refractivity contribution is -0.133. The molecule has 0 unspecified atom stereocenters. The molecule has 0 aliphatic carbocycles. The van der Waals surface area contributed by atoms with Gasteiger partial charge in [-0.05, 0) is 67.5 Å². The van der Waals surface area contributed by atoms with E-state index in [-0.39, 0.29) is 17.9 Å². The number of phenolic OH excluding ortho intramolecular Hbond substituents is 1. The highest BCUT2D eigenvalue weighted by Gasteiger charge is 2.25. The Balaban J connectivity index is 1.53. The highest BCUT2D eigenvalue weighted by Crippen LogP contribution is 2.40. The number of hydrogen-bond donors (Lipinski definition) is 1. The van der Waals surface area contributed by atoms with Gasteiger partial charge in [-0.2, -0.15) is 0 Å². The van der Waals surface area contributed by atoms with Crippen molar-refractivity contribution < 1.29 is 28.8 Å². The van der Waals surface area contributed by atoms with Gasteiger partial charge in [-0.1, -0.05) is 60.7 Å². The number of methoxy groups -OCH3 is 1. The first kappa shape index (κ1) is 27.6. The highest BCUT2D eigenvalue weighted by molar-refractivity contribution is 6.22. The first-order chi connectivity index (χ1) is 19.8. The van der Waals surface area contributed by atoms with Gasteiger partial charge in [0.2, 0.25) is 0 Å². The predicted molar refractivity (Wildman–Crippen MR) is 160 cm³/mol. The Morgan fingerprint density at radius 1 is 0.878 bits per heavy atom. The summed E-state index contributed by atoms with van der Waals surface area (Å²) in [6.45, 7) is 4.55. The number of ether oxygens (including phenoxy) is 4. The van der Waals surface area contributed by atoms with Crippen molar-refractivity contribution in [2.24, 2.45) is 0 Å². The van der Waals surface area contributed by atoms with Crippen molar-refractivity contribution in [2.75, 3.05) is 7.11 Å². The summed E-state index contributed by atoms with van der Waals surface area (Å²) in [6, 6.07) is 28.4. The SMILES string of the molecule is COC(=O)C(=Cc1ccc2c(c1O)C=CC(C)(C)O2)c1ccc(OCc2ccccc2)cc1OCc1ccccc1. The molecule has 1 aliphatic heterocycles. The van der Waals surface area contributed by atoms with Gasteiger partial charge in [0, 0.05) is 17.2 Å². The summed E-state index contributed by atoms with van der Waals surface area (Å²) in [5, 5.41) is 11.1. The molecule has 0 saturated heterocycles. The molecule has 1 aliphatic rings. The Hall–Kier alpha value is -4.97. The van der Waals surface area contributed by atoms with Crippen LogP contribution in [0.5, 0.6) is 23.0 Å². The van der Waals surface area contributed by atoms with Gasteiger partial charge in [0.25, 0.3) is 0 Å². The zero-order valence-corrected chi connectivity index (χ0v) is 23.3. The molecular weight excluding hydrogens is 516 g/mol. The van der Waals surface area contributed by atoms with Crippen LogP contribution in [0.2, 0.25) is 0 Å². The first-order valence-corrected chi connectivity index (χ1v) is 13.3. The minimum atomic E-state index is -0.572. The third-order valence-electron chi connectivity index (χ3n) is 6.67. The molecular formula is C35H32O6. The maximum atomic E-state index is 13.1. The topological polar surface area (TPSA) is 74.2 Å². The van der Waals surface area contributed by atoms with Crippen molar-refractivity contribution in [2.45, 2.75) is 32.7 Å². The van der Waals surface area contributed by atoms with Crippen molar-refractivity contribution in [3.8, 4) is 23.0 Å². The number of carbonyl (C=O) groups is 1. The van der Waals surface area contributed by atoms with Crippen molar-refractivity contribution in [3.63, 3.8) is 0 Å². The lowest BCUT2D eigenvalue weighted by Gasteiger charge is -2.28. The Bertz CT molecular complexity index is 1590. The number of rotatable bonds is 9. The fraction of sp³-hybridized carbons (Fsp3) is 0.171. The summed E-state index contributed by atoms with van der Waals surface area (Å²) in [5.74, 6) is 1.03. The molecule has 4 aromatic rings. The van der Waals surface area contributed by atoms with E-state index in [0.717, 1.165) is 11.1 Å². The fourth-order valence-corrected chi connectivity index (χ4v) is 4.50. The van der Waals surface area contributed by atoms with Crippen LogP contribution in [0.3, 0.4) is 0 Å². The molecule has 1 heterocycles. The molecule has 6 nitrogen and oxygen atoms in total. The van der Waals surface area contributed by atoms with Gasteiger partial charge in [-0.25, -0.2) is 4.79 Å². The van der Waals surface area contributed by atoms with Crippen molar-refractivity contribution in [1.29, 1.82) is 0 Å². The van der Waals surface area contributed by atoms with E-state index in [1.165, 1.54) is 7.11 Å². The molecule has 0 spiro atoms. The lowest BCUT2D eigenvalue weighted by Crippen LogP contribution is -2.27. The third-order valence-corrected chi connectivity index (χ3v) is 6.67. The van der Waals surface area contributed by atoms with Crippen molar-refractivity contribution in [3.05, 3.63) is 125 Å². The van der Waals surface area contributed by atoms with Gasteiger partial charge in [-0.3, -0.25) is 0 Å². The van der Waals surface area contributed by atoms with Crippen molar-refractivity contribution in [1.82, 2.24) is 0 Å². The molecule has 5 rings (SSSR count). The van der Waals surface area contributed by atoms with Crippen LogP contribution in [-0.4, -0.2) is 23.8 Å². The Kier molecular flexibility index (Phi) is 8.11. The largest absolute Gasteiger partial charge is 0.507 e. The number of phenols is 1. The van der Waals surface area contributed by atoms with Gasteiger partial charge < -0.3 is 24.1 Å². The summed E-state index contributed by atoms with van der Waals surface area (Å²) in [5.41, 5.74) is 3.24. The Labute approximate surface area is 240 Å². The maximum Gasteiger partial charge on any atom is 0.338 e. The zero-order chi connectivity index (χ0) is 28.8. The monoisotopic (exact) mass is 548 g/mol. The van der Waals surface area contributed by atoms with Crippen LogP contribution in [0, 0.1) is 0 Å². The molecule has 0 bridgehead atoms.